The Balaban J connectivity index is 2.14. The van der Waals surface area contributed by atoms with E-state index in [0.29, 0.717) is 21.6 Å². The SMILES string of the molecule is N=Cc1cc(C#Cc2c(F)cc(-c3cccc(Cl)c3S)c(NO)c2F)cnc1N. The van der Waals surface area contributed by atoms with E-state index in [1.54, 1.807) is 23.7 Å². The molecule has 0 amide bonds. The number of anilines is 2. The lowest BCUT2D eigenvalue weighted by molar-refractivity contribution is 0.384. The monoisotopic (exact) mass is 430 g/mol. The molecule has 0 atom stereocenters. The summed E-state index contributed by atoms with van der Waals surface area (Å²) >= 11 is 10.3. The van der Waals surface area contributed by atoms with Crippen LogP contribution in [0.15, 0.2) is 41.4 Å². The first-order valence-corrected chi connectivity index (χ1v) is 8.87. The highest BCUT2D eigenvalue weighted by Crippen LogP contribution is 2.38. The molecule has 0 spiro atoms. The molecule has 1 aromatic heterocycles. The third-order valence-corrected chi connectivity index (χ3v) is 4.97. The van der Waals surface area contributed by atoms with E-state index in [-0.39, 0.29) is 22.1 Å². The highest BCUT2D eigenvalue weighted by molar-refractivity contribution is 7.80. The quantitative estimate of drug-likeness (QED) is 0.179. The van der Waals surface area contributed by atoms with Gasteiger partial charge in [0.1, 0.15) is 17.3 Å². The van der Waals surface area contributed by atoms with Crippen molar-refractivity contribution in [3.05, 3.63) is 69.9 Å². The molecule has 5 N–H and O–H groups in total. The van der Waals surface area contributed by atoms with Crippen molar-refractivity contribution in [3.8, 4) is 23.0 Å². The van der Waals surface area contributed by atoms with E-state index >= 15 is 0 Å². The summed E-state index contributed by atoms with van der Waals surface area (Å²) in [6.07, 6.45) is 2.32. The Morgan fingerprint density at radius 3 is 2.69 bits per heavy atom. The van der Waals surface area contributed by atoms with Gasteiger partial charge in [0.25, 0.3) is 0 Å². The molecule has 0 radical (unpaired) electrons. The van der Waals surface area contributed by atoms with E-state index in [1.165, 1.54) is 12.3 Å². The van der Waals surface area contributed by atoms with Crippen molar-refractivity contribution < 1.29 is 14.0 Å². The van der Waals surface area contributed by atoms with Gasteiger partial charge in [-0.1, -0.05) is 35.6 Å². The lowest BCUT2D eigenvalue weighted by Gasteiger charge is -2.14. The van der Waals surface area contributed by atoms with Crippen LogP contribution < -0.4 is 11.2 Å². The van der Waals surface area contributed by atoms with E-state index in [2.05, 4.69) is 29.5 Å². The molecule has 0 unspecified atom stereocenters. The summed E-state index contributed by atoms with van der Waals surface area (Å²) < 4.78 is 29.6. The van der Waals surface area contributed by atoms with Gasteiger partial charge in [-0.25, -0.2) is 13.8 Å². The van der Waals surface area contributed by atoms with Crippen LogP contribution in [0, 0.1) is 28.9 Å². The zero-order valence-electron chi connectivity index (χ0n) is 14.6. The summed E-state index contributed by atoms with van der Waals surface area (Å²) in [5, 5.41) is 17.0. The standard InChI is InChI=1S/C20H13ClF2N4OS/c21-15-3-1-2-12(19(15)29)14-7-16(22)13(17(23)18(14)27-28)5-4-10-6-11(8-24)20(25)26-9-10/h1-3,6-9,24,27-29H,(H2,25,26). The number of nitrogen functional groups attached to an aromatic ring is 1. The summed E-state index contributed by atoms with van der Waals surface area (Å²) in [6.45, 7) is 0. The van der Waals surface area contributed by atoms with Crippen molar-refractivity contribution in [2.45, 2.75) is 4.90 Å². The summed E-state index contributed by atoms with van der Waals surface area (Å²) in [6, 6.07) is 7.23. The van der Waals surface area contributed by atoms with Crippen LogP contribution in [0.25, 0.3) is 11.1 Å². The lowest BCUT2D eigenvalue weighted by atomic mass is 10.00. The van der Waals surface area contributed by atoms with Crippen LogP contribution in [0.2, 0.25) is 5.02 Å². The average molecular weight is 431 g/mol. The first-order chi connectivity index (χ1) is 13.9. The number of aromatic nitrogens is 1. The molecule has 146 valence electrons. The first-order valence-electron chi connectivity index (χ1n) is 8.05. The van der Waals surface area contributed by atoms with Gasteiger partial charge >= 0.3 is 0 Å². The normalized spacial score (nSPS) is 10.2. The molecule has 29 heavy (non-hydrogen) atoms. The average Bonchev–Trinajstić information content (AvgIpc) is 2.70. The number of nitrogens with one attached hydrogen (secondary N) is 2. The number of thiol groups is 1. The van der Waals surface area contributed by atoms with Crippen molar-refractivity contribution in [2.75, 3.05) is 11.2 Å². The molecule has 9 heteroatoms. The van der Waals surface area contributed by atoms with Crippen LogP contribution in [0.5, 0.6) is 0 Å². The van der Waals surface area contributed by atoms with Crippen LogP contribution >= 0.6 is 24.2 Å². The van der Waals surface area contributed by atoms with Crippen LogP contribution in [0.3, 0.4) is 0 Å². The van der Waals surface area contributed by atoms with Gasteiger partial charge in [0.15, 0.2) is 5.82 Å². The lowest BCUT2D eigenvalue weighted by Crippen LogP contribution is -2.03. The van der Waals surface area contributed by atoms with Crippen LogP contribution in [-0.4, -0.2) is 16.4 Å². The second-order valence-electron chi connectivity index (χ2n) is 5.81. The largest absolute Gasteiger partial charge is 0.383 e. The molecule has 0 saturated heterocycles. The second-order valence-corrected chi connectivity index (χ2v) is 6.66. The fraction of sp³-hybridized carbons (Fsp3) is 0. The molecule has 0 fully saturated rings. The number of halogens is 3. The maximum absolute atomic E-state index is 14.9. The number of benzene rings is 2. The predicted octanol–water partition coefficient (Wildman–Crippen LogP) is 4.75. The molecule has 3 aromatic rings. The number of pyridine rings is 1. The van der Waals surface area contributed by atoms with Gasteiger partial charge < -0.3 is 11.1 Å². The van der Waals surface area contributed by atoms with Gasteiger partial charge in [0.05, 0.1) is 10.6 Å². The third kappa shape index (κ3) is 4.03. The fourth-order valence-corrected chi connectivity index (χ4v) is 3.04. The molecule has 0 aliphatic heterocycles. The molecule has 0 aliphatic rings. The van der Waals surface area contributed by atoms with Crippen molar-refractivity contribution in [2.24, 2.45) is 0 Å². The summed E-state index contributed by atoms with van der Waals surface area (Å²) in [4.78, 5) is 4.18. The smallest absolute Gasteiger partial charge is 0.167 e. The fourth-order valence-electron chi connectivity index (χ4n) is 2.60. The molecule has 5 nitrogen and oxygen atoms in total. The third-order valence-electron chi connectivity index (χ3n) is 4.04. The van der Waals surface area contributed by atoms with Crippen LogP contribution in [0.1, 0.15) is 16.7 Å². The van der Waals surface area contributed by atoms with Crippen molar-refractivity contribution in [3.63, 3.8) is 0 Å². The first kappa shape index (κ1) is 20.6. The Kier molecular flexibility index (Phi) is 6.03. The maximum atomic E-state index is 14.9. The molecule has 3 rings (SSSR count). The Labute approximate surface area is 175 Å². The minimum Gasteiger partial charge on any atom is -0.383 e. The van der Waals surface area contributed by atoms with Crippen LogP contribution in [-0.2, 0) is 0 Å². The highest BCUT2D eigenvalue weighted by atomic mass is 35.5. The van der Waals surface area contributed by atoms with E-state index in [0.717, 1.165) is 12.3 Å². The number of rotatable bonds is 3. The summed E-state index contributed by atoms with van der Waals surface area (Å²) in [5.41, 5.74) is 7.43. The molecular weight excluding hydrogens is 418 g/mol. The molecule has 0 aliphatic carbocycles. The summed E-state index contributed by atoms with van der Waals surface area (Å²) in [7, 11) is 0. The van der Waals surface area contributed by atoms with E-state index in [4.69, 9.17) is 22.7 Å². The molecule has 1 heterocycles. The Morgan fingerprint density at radius 1 is 1.24 bits per heavy atom. The zero-order chi connectivity index (χ0) is 21.1. The molecular formula is C20H13ClF2N4OS. The Bertz CT molecular complexity index is 1190. The van der Waals surface area contributed by atoms with Gasteiger partial charge in [-0.3, -0.25) is 10.7 Å². The maximum Gasteiger partial charge on any atom is 0.167 e. The van der Waals surface area contributed by atoms with Gasteiger partial charge in [-0.15, -0.1) is 12.6 Å². The van der Waals surface area contributed by atoms with Crippen molar-refractivity contribution >= 4 is 41.9 Å². The number of nitrogens with zero attached hydrogens (tertiary/aromatic N) is 1. The molecule has 0 bridgehead atoms. The van der Waals surface area contributed by atoms with Gasteiger partial charge in [0, 0.05) is 34.0 Å². The van der Waals surface area contributed by atoms with Gasteiger partial charge in [-0.05, 0) is 23.8 Å². The Morgan fingerprint density at radius 2 is 2.00 bits per heavy atom. The highest BCUT2D eigenvalue weighted by Gasteiger charge is 2.20. The summed E-state index contributed by atoms with van der Waals surface area (Å²) in [5.74, 6) is 3.09. The minimum atomic E-state index is -1.08. The minimum absolute atomic E-state index is 0.0285. The molecule has 0 saturated carbocycles. The van der Waals surface area contributed by atoms with Crippen molar-refractivity contribution in [1.29, 1.82) is 5.41 Å². The van der Waals surface area contributed by atoms with Crippen molar-refractivity contribution in [1.82, 2.24) is 4.98 Å². The topological polar surface area (TPSA) is 95.0 Å². The van der Waals surface area contributed by atoms with Gasteiger partial charge in [0.2, 0.25) is 0 Å². The second kappa shape index (κ2) is 8.49. The molecule has 2 aromatic carbocycles. The zero-order valence-corrected chi connectivity index (χ0v) is 16.2. The number of hydrogen-bond donors (Lipinski definition) is 5. The number of nitrogens with two attached hydrogens (primary N) is 1. The van der Waals surface area contributed by atoms with Crippen LogP contribution in [0.4, 0.5) is 20.3 Å². The Hall–Kier alpha value is -3.12. The van der Waals surface area contributed by atoms with E-state index in [9.17, 15) is 14.0 Å². The van der Waals surface area contributed by atoms with E-state index < -0.39 is 17.2 Å². The van der Waals surface area contributed by atoms with Gasteiger partial charge in [-0.2, -0.15) is 0 Å². The van der Waals surface area contributed by atoms with E-state index in [1.807, 2.05) is 0 Å². The number of hydrogen-bond acceptors (Lipinski definition) is 6. The predicted molar refractivity (Wildman–Crippen MR) is 112 cm³/mol.